The molecule has 1 aromatic heterocycles. The first-order valence-corrected chi connectivity index (χ1v) is 13.4. The number of amides is 1. The highest BCUT2D eigenvalue weighted by molar-refractivity contribution is 7.89. The van der Waals surface area contributed by atoms with Crippen molar-refractivity contribution in [1.82, 2.24) is 15.0 Å². The maximum absolute atomic E-state index is 12.7. The molecule has 0 radical (unpaired) electrons. The Hall–Kier alpha value is -1.91. The minimum Gasteiger partial charge on any atom is -0.444 e. The van der Waals surface area contributed by atoms with Gasteiger partial charge in [-0.15, -0.1) is 0 Å². The Morgan fingerprint density at radius 3 is 2.36 bits per heavy atom. The number of sulfonamides is 1. The van der Waals surface area contributed by atoms with E-state index in [-0.39, 0.29) is 16.4 Å². The van der Waals surface area contributed by atoms with Gasteiger partial charge in [0.05, 0.1) is 6.04 Å². The number of aliphatic hydroxyl groups is 1. The third-order valence-corrected chi connectivity index (χ3v) is 8.48. The van der Waals surface area contributed by atoms with Crippen LogP contribution >= 0.6 is 0 Å². The predicted molar refractivity (Wildman–Crippen MR) is 124 cm³/mol. The topological polar surface area (TPSA) is 130 Å². The number of aliphatic hydroxyl groups excluding tert-OH is 1. The number of carbonyl (C=O) groups excluding carboxylic acids is 1. The van der Waals surface area contributed by atoms with E-state index in [1.807, 2.05) is 0 Å². The normalized spacial score (nSPS) is 27.0. The Morgan fingerprint density at radius 2 is 1.85 bits per heavy atom. The van der Waals surface area contributed by atoms with Crippen LogP contribution in [-0.4, -0.2) is 48.0 Å². The van der Waals surface area contributed by atoms with E-state index in [1.54, 1.807) is 20.8 Å². The van der Waals surface area contributed by atoms with E-state index in [1.165, 1.54) is 18.3 Å². The number of ether oxygens (including phenoxy) is 1. The summed E-state index contributed by atoms with van der Waals surface area (Å²) in [6.45, 7) is 5.37. The molecule has 4 fully saturated rings. The zero-order valence-corrected chi connectivity index (χ0v) is 20.5. The number of nitrogens with one attached hydrogen (secondary N) is 3. The van der Waals surface area contributed by atoms with Gasteiger partial charge in [0.25, 0.3) is 0 Å². The van der Waals surface area contributed by atoms with Crippen LogP contribution in [0.4, 0.5) is 10.6 Å². The van der Waals surface area contributed by atoms with E-state index in [2.05, 4.69) is 20.3 Å². The second-order valence-corrected chi connectivity index (χ2v) is 12.6. The highest BCUT2D eigenvalue weighted by atomic mass is 32.2. The fourth-order valence-corrected chi connectivity index (χ4v) is 6.58. The molecule has 4 saturated carbocycles. The van der Waals surface area contributed by atoms with Crippen LogP contribution in [0.15, 0.2) is 23.2 Å². The van der Waals surface area contributed by atoms with Crippen molar-refractivity contribution in [3.63, 3.8) is 0 Å². The molecule has 184 valence electrons. The van der Waals surface area contributed by atoms with Crippen molar-refractivity contribution in [2.24, 2.45) is 11.8 Å². The van der Waals surface area contributed by atoms with Crippen molar-refractivity contribution >= 4 is 21.9 Å². The van der Waals surface area contributed by atoms with Gasteiger partial charge in [-0.3, -0.25) is 0 Å². The van der Waals surface area contributed by atoms with Gasteiger partial charge in [-0.1, -0.05) is 19.3 Å². The van der Waals surface area contributed by atoms with Crippen molar-refractivity contribution in [3.8, 4) is 0 Å². The van der Waals surface area contributed by atoms with Crippen LogP contribution in [0.25, 0.3) is 0 Å². The molecule has 0 aliphatic heterocycles. The Bertz CT molecular complexity index is 937. The number of carbonyl (C=O) groups is 1. The molecular weight excluding hydrogens is 444 g/mol. The van der Waals surface area contributed by atoms with Crippen LogP contribution < -0.4 is 15.4 Å². The van der Waals surface area contributed by atoms with Gasteiger partial charge in [-0.2, -0.15) is 0 Å². The second-order valence-electron chi connectivity index (χ2n) is 10.9. The van der Waals surface area contributed by atoms with E-state index in [4.69, 9.17) is 4.74 Å². The number of hydrogen-bond donors (Lipinski definition) is 4. The zero-order chi connectivity index (χ0) is 23.9. The van der Waals surface area contributed by atoms with Crippen molar-refractivity contribution in [1.29, 1.82) is 0 Å². The second kappa shape index (κ2) is 9.03. The van der Waals surface area contributed by atoms with E-state index >= 15 is 0 Å². The molecule has 1 aromatic rings. The fraction of sp³-hybridized carbons (Fsp3) is 0.739. The number of pyridine rings is 1. The number of rotatable bonds is 8. The van der Waals surface area contributed by atoms with Gasteiger partial charge in [0.15, 0.2) is 0 Å². The fourth-order valence-electron chi connectivity index (χ4n) is 5.20. The third kappa shape index (κ3) is 5.78. The average Bonchev–Trinajstić information content (AvgIpc) is 2.68. The first-order valence-electron chi connectivity index (χ1n) is 11.9. The Balaban J connectivity index is 1.40. The highest BCUT2D eigenvalue weighted by Gasteiger charge is 2.58. The van der Waals surface area contributed by atoms with Gasteiger partial charge in [0.1, 0.15) is 22.5 Å². The van der Waals surface area contributed by atoms with E-state index in [0.29, 0.717) is 11.7 Å². The lowest BCUT2D eigenvalue weighted by Crippen LogP contribution is -2.67. The lowest BCUT2D eigenvalue weighted by Gasteiger charge is -2.61. The SMILES string of the molecule is CC(C)(C)OC(=O)N[C@@H](C1CCCCC1)[C@H](O)Nc1ccc(S(=O)(=O)NC23CC(C2)C3)cn1. The van der Waals surface area contributed by atoms with Crippen LogP contribution in [0.3, 0.4) is 0 Å². The van der Waals surface area contributed by atoms with E-state index in [0.717, 1.165) is 51.4 Å². The summed E-state index contributed by atoms with van der Waals surface area (Å²) in [4.78, 5) is 16.7. The number of nitrogens with zero attached hydrogens (tertiary/aromatic N) is 1. The summed E-state index contributed by atoms with van der Waals surface area (Å²) in [7, 11) is -3.63. The van der Waals surface area contributed by atoms with Crippen LogP contribution in [0.1, 0.15) is 72.1 Å². The molecule has 0 aromatic carbocycles. The summed E-state index contributed by atoms with van der Waals surface area (Å²) in [5.41, 5.74) is -0.896. The molecule has 1 heterocycles. The molecule has 2 bridgehead atoms. The molecule has 0 saturated heterocycles. The van der Waals surface area contributed by atoms with Crippen LogP contribution in [0.2, 0.25) is 0 Å². The van der Waals surface area contributed by atoms with Gasteiger partial charge in [0, 0.05) is 11.7 Å². The molecule has 5 rings (SSSR count). The number of aromatic nitrogens is 1. The predicted octanol–water partition coefficient (Wildman–Crippen LogP) is 3.12. The quantitative estimate of drug-likeness (QED) is 0.421. The molecule has 33 heavy (non-hydrogen) atoms. The lowest BCUT2D eigenvalue weighted by atomic mass is 9.50. The Labute approximate surface area is 196 Å². The number of anilines is 1. The largest absolute Gasteiger partial charge is 0.444 e. The standard InChI is InChI=1S/C23H36N4O5S/c1-22(2,3)32-21(29)26-19(16-7-5-4-6-8-16)20(28)25-18-10-9-17(14-24-18)33(30,31)27-23-11-15(12-23)13-23/h9-10,14-16,19-20,27-28H,4-8,11-13H2,1-3H3,(H,24,25)(H,26,29)/t15?,19-,20-,23?/m0/s1. The van der Waals surface area contributed by atoms with Crippen molar-refractivity contribution in [3.05, 3.63) is 18.3 Å². The van der Waals surface area contributed by atoms with Crippen molar-refractivity contribution in [2.45, 2.75) is 100 Å². The van der Waals surface area contributed by atoms with Crippen LogP contribution in [0, 0.1) is 11.8 Å². The molecule has 4 aliphatic rings. The van der Waals surface area contributed by atoms with Gasteiger partial charge in [-0.05, 0) is 76.8 Å². The average molecular weight is 481 g/mol. The van der Waals surface area contributed by atoms with Crippen molar-refractivity contribution in [2.75, 3.05) is 5.32 Å². The summed E-state index contributed by atoms with van der Waals surface area (Å²) < 4.78 is 33.5. The summed E-state index contributed by atoms with van der Waals surface area (Å²) >= 11 is 0. The first kappa shape index (κ1) is 24.2. The summed E-state index contributed by atoms with van der Waals surface area (Å²) in [6.07, 6.45) is 7.40. The minimum atomic E-state index is -3.63. The molecule has 10 heteroatoms. The smallest absolute Gasteiger partial charge is 0.408 e. The van der Waals surface area contributed by atoms with Crippen LogP contribution in [0.5, 0.6) is 0 Å². The molecule has 0 spiro atoms. The molecule has 9 nitrogen and oxygen atoms in total. The lowest BCUT2D eigenvalue weighted by molar-refractivity contribution is -0.0317. The summed E-state index contributed by atoms with van der Waals surface area (Å²) in [5, 5.41) is 16.7. The number of alkyl carbamates (subject to hydrolysis) is 1. The Morgan fingerprint density at radius 1 is 1.18 bits per heavy atom. The Kier molecular flexibility index (Phi) is 6.63. The van der Waals surface area contributed by atoms with Gasteiger partial charge in [0.2, 0.25) is 10.0 Å². The van der Waals surface area contributed by atoms with Gasteiger partial charge >= 0.3 is 6.09 Å². The molecule has 0 unspecified atom stereocenters. The highest BCUT2D eigenvalue weighted by Crippen LogP contribution is 2.57. The summed E-state index contributed by atoms with van der Waals surface area (Å²) in [5.74, 6) is 1.11. The molecule has 2 atom stereocenters. The van der Waals surface area contributed by atoms with E-state index < -0.39 is 34.0 Å². The first-order chi connectivity index (χ1) is 15.4. The zero-order valence-electron chi connectivity index (χ0n) is 19.6. The summed E-state index contributed by atoms with van der Waals surface area (Å²) in [6, 6.07) is 2.45. The van der Waals surface area contributed by atoms with Gasteiger partial charge < -0.3 is 20.5 Å². The third-order valence-electron chi connectivity index (χ3n) is 6.91. The molecule has 1 amide bonds. The van der Waals surface area contributed by atoms with Gasteiger partial charge in [-0.25, -0.2) is 22.9 Å². The minimum absolute atomic E-state index is 0.1000. The van der Waals surface area contributed by atoms with Crippen molar-refractivity contribution < 1.29 is 23.1 Å². The molecule has 4 aliphatic carbocycles. The number of hydrogen-bond acceptors (Lipinski definition) is 7. The molecule has 4 N–H and O–H groups in total. The maximum Gasteiger partial charge on any atom is 0.408 e. The van der Waals surface area contributed by atoms with Crippen LogP contribution in [-0.2, 0) is 14.8 Å². The molecular formula is C23H36N4O5S. The maximum atomic E-state index is 12.7. The van der Waals surface area contributed by atoms with E-state index in [9.17, 15) is 18.3 Å². The monoisotopic (exact) mass is 480 g/mol.